The van der Waals surface area contributed by atoms with Gasteiger partial charge in [0.1, 0.15) is 5.82 Å². The largest absolute Gasteiger partial charge is 0.462 e. The average molecular weight is 394 g/mol. The Labute approximate surface area is 156 Å². The summed E-state index contributed by atoms with van der Waals surface area (Å²) in [5.41, 5.74) is 0.573. The van der Waals surface area contributed by atoms with Crippen LogP contribution in [0.3, 0.4) is 0 Å². The van der Waals surface area contributed by atoms with Gasteiger partial charge in [0.05, 0.1) is 35.0 Å². The van der Waals surface area contributed by atoms with Crippen molar-refractivity contribution < 1.29 is 27.1 Å². The zero-order valence-electron chi connectivity index (χ0n) is 14.8. The highest BCUT2D eigenvalue weighted by atomic mass is 32.2. The van der Waals surface area contributed by atoms with Crippen molar-refractivity contribution in [3.63, 3.8) is 0 Å². The van der Waals surface area contributed by atoms with E-state index >= 15 is 0 Å². The molecule has 0 atom stereocenters. The van der Waals surface area contributed by atoms with Crippen LogP contribution in [-0.2, 0) is 19.4 Å². The minimum Gasteiger partial charge on any atom is -0.462 e. The number of carbonyl (C=O) groups is 2. The number of ether oxygens (including phenoxy) is 1. The molecule has 0 fully saturated rings. The predicted molar refractivity (Wildman–Crippen MR) is 99.0 cm³/mol. The van der Waals surface area contributed by atoms with E-state index in [0.717, 1.165) is 18.4 Å². The summed E-state index contributed by atoms with van der Waals surface area (Å²) in [6, 6.07) is 9.56. The fourth-order valence-electron chi connectivity index (χ4n) is 2.30. The summed E-state index contributed by atoms with van der Waals surface area (Å²) in [5.74, 6) is -1.79. The Morgan fingerprint density at radius 2 is 1.81 bits per heavy atom. The molecule has 144 valence electrons. The Morgan fingerprint density at radius 3 is 2.48 bits per heavy atom. The maximum absolute atomic E-state index is 13.3. The molecule has 0 radical (unpaired) electrons. The lowest BCUT2D eigenvalue weighted by molar-refractivity contribution is -0.114. The third kappa shape index (κ3) is 5.52. The van der Waals surface area contributed by atoms with Gasteiger partial charge < -0.3 is 15.4 Å². The van der Waals surface area contributed by atoms with Gasteiger partial charge in [-0.15, -0.1) is 0 Å². The van der Waals surface area contributed by atoms with Crippen LogP contribution in [0, 0.1) is 5.82 Å². The molecule has 0 unspecified atom stereocenters. The number of halogens is 1. The summed E-state index contributed by atoms with van der Waals surface area (Å²) in [4.78, 5) is 23.9. The quantitative estimate of drug-likeness (QED) is 0.700. The summed E-state index contributed by atoms with van der Waals surface area (Å²) in [6.45, 7) is 1.58. The number of nitrogens with one attached hydrogen (secondary N) is 2. The summed E-state index contributed by atoms with van der Waals surface area (Å²) in [5, 5.41) is 5.23. The molecular weight excluding hydrogens is 375 g/mol. The summed E-state index contributed by atoms with van der Waals surface area (Å²) in [7, 11) is -3.68. The lowest BCUT2D eigenvalue weighted by Gasteiger charge is -2.13. The number of carbonyl (C=O) groups excluding carboxylic acids is 2. The van der Waals surface area contributed by atoms with E-state index in [9.17, 15) is 22.4 Å². The molecule has 1 amide bonds. The third-order valence-electron chi connectivity index (χ3n) is 3.48. The molecule has 9 heteroatoms. The lowest BCUT2D eigenvalue weighted by atomic mass is 10.2. The van der Waals surface area contributed by atoms with Gasteiger partial charge in [-0.1, -0.05) is 12.1 Å². The van der Waals surface area contributed by atoms with Gasteiger partial charge in [0.25, 0.3) is 0 Å². The van der Waals surface area contributed by atoms with Crippen molar-refractivity contribution in [2.75, 3.05) is 30.0 Å². The van der Waals surface area contributed by atoms with E-state index in [0.29, 0.717) is 0 Å². The number of hydrogen-bond donors (Lipinski definition) is 2. The van der Waals surface area contributed by atoms with Gasteiger partial charge in [-0.3, -0.25) is 4.79 Å². The Bertz CT molecular complexity index is 960. The summed E-state index contributed by atoms with van der Waals surface area (Å²) >= 11 is 0. The molecule has 2 aromatic carbocycles. The molecule has 27 heavy (non-hydrogen) atoms. The van der Waals surface area contributed by atoms with Crippen LogP contribution in [0.25, 0.3) is 0 Å². The molecule has 2 N–H and O–H groups in total. The smallest absolute Gasteiger partial charge is 0.340 e. The van der Waals surface area contributed by atoms with E-state index in [1.165, 1.54) is 12.1 Å². The zero-order valence-corrected chi connectivity index (χ0v) is 15.6. The van der Waals surface area contributed by atoms with Crippen molar-refractivity contribution in [1.29, 1.82) is 0 Å². The predicted octanol–water partition coefficient (Wildman–Crippen LogP) is 2.46. The molecule has 0 aromatic heterocycles. The van der Waals surface area contributed by atoms with Gasteiger partial charge in [0.15, 0.2) is 9.84 Å². The lowest BCUT2D eigenvalue weighted by Crippen LogP contribution is -2.24. The molecule has 0 spiro atoms. The fourth-order valence-corrected chi connectivity index (χ4v) is 3.16. The van der Waals surface area contributed by atoms with Crippen molar-refractivity contribution in [3.05, 3.63) is 53.8 Å². The van der Waals surface area contributed by atoms with Crippen LogP contribution in [0.1, 0.15) is 17.3 Å². The molecule has 2 aromatic rings. The second-order valence-corrected chi connectivity index (χ2v) is 7.56. The van der Waals surface area contributed by atoms with Gasteiger partial charge in [0, 0.05) is 6.26 Å². The molecule has 0 aliphatic heterocycles. The first-order valence-corrected chi connectivity index (χ1v) is 9.91. The van der Waals surface area contributed by atoms with E-state index in [1.807, 2.05) is 0 Å². The van der Waals surface area contributed by atoms with E-state index < -0.39 is 27.5 Å². The number of rotatable bonds is 7. The van der Waals surface area contributed by atoms with Crippen molar-refractivity contribution in [2.45, 2.75) is 11.8 Å². The monoisotopic (exact) mass is 394 g/mol. The summed E-state index contributed by atoms with van der Waals surface area (Å²) < 4.78 is 41.8. The van der Waals surface area contributed by atoms with Crippen LogP contribution in [0.5, 0.6) is 0 Å². The van der Waals surface area contributed by atoms with Gasteiger partial charge in [-0.2, -0.15) is 0 Å². The van der Waals surface area contributed by atoms with Gasteiger partial charge in [0.2, 0.25) is 5.91 Å². The first-order chi connectivity index (χ1) is 12.7. The minimum atomic E-state index is -3.68. The zero-order chi connectivity index (χ0) is 20.0. The molecule has 7 nitrogen and oxygen atoms in total. The standard InChI is InChI=1S/C18H19FN2O5S/c1-3-26-18(23)13-6-4-5-7-14(13)21-17(22)11-20-15-9-8-12(19)10-16(15)27(2,24)25/h4-10,20H,3,11H2,1-2H3,(H,21,22). The van der Waals surface area contributed by atoms with Gasteiger partial charge >= 0.3 is 5.97 Å². The maximum atomic E-state index is 13.3. The van der Waals surface area contributed by atoms with E-state index in [2.05, 4.69) is 10.6 Å². The van der Waals surface area contributed by atoms with Crippen LogP contribution in [0.15, 0.2) is 47.4 Å². The first kappa shape index (κ1) is 20.4. The van der Waals surface area contributed by atoms with Crippen LogP contribution >= 0.6 is 0 Å². The summed E-state index contributed by atoms with van der Waals surface area (Å²) in [6.07, 6.45) is 0.947. The van der Waals surface area contributed by atoms with Crippen molar-refractivity contribution in [1.82, 2.24) is 0 Å². The van der Waals surface area contributed by atoms with Crippen molar-refractivity contribution in [2.24, 2.45) is 0 Å². The molecule has 0 saturated carbocycles. The fraction of sp³-hybridized carbons (Fsp3) is 0.222. The number of benzene rings is 2. The molecule has 0 aliphatic carbocycles. The molecular formula is C18H19FN2O5S. The second-order valence-electron chi connectivity index (χ2n) is 5.58. The highest BCUT2D eigenvalue weighted by molar-refractivity contribution is 7.90. The maximum Gasteiger partial charge on any atom is 0.340 e. The average Bonchev–Trinajstić information content (AvgIpc) is 2.60. The Morgan fingerprint density at radius 1 is 1.11 bits per heavy atom. The Hall–Kier alpha value is -2.94. The number of amides is 1. The van der Waals surface area contributed by atoms with Crippen molar-refractivity contribution >= 4 is 33.1 Å². The Kier molecular flexibility index (Phi) is 6.51. The number of esters is 1. The highest BCUT2D eigenvalue weighted by Crippen LogP contribution is 2.22. The second kappa shape index (κ2) is 8.63. The number of sulfone groups is 1. The van der Waals surface area contributed by atoms with Crippen molar-refractivity contribution in [3.8, 4) is 0 Å². The van der Waals surface area contributed by atoms with E-state index in [1.54, 1.807) is 25.1 Å². The van der Waals surface area contributed by atoms with Crippen LogP contribution in [0.4, 0.5) is 15.8 Å². The number of anilines is 2. The molecule has 0 bridgehead atoms. The van der Waals surface area contributed by atoms with Crippen LogP contribution in [0.2, 0.25) is 0 Å². The minimum absolute atomic E-state index is 0.104. The molecule has 2 rings (SSSR count). The topological polar surface area (TPSA) is 102 Å². The SMILES string of the molecule is CCOC(=O)c1ccccc1NC(=O)CNc1ccc(F)cc1S(C)(=O)=O. The molecule has 0 saturated heterocycles. The number of hydrogen-bond acceptors (Lipinski definition) is 6. The Balaban J connectivity index is 2.12. The molecule has 0 aliphatic rings. The van der Waals surface area contributed by atoms with Crippen LogP contribution < -0.4 is 10.6 Å². The van der Waals surface area contributed by atoms with Gasteiger partial charge in [-0.05, 0) is 37.3 Å². The molecule has 0 heterocycles. The normalized spacial score (nSPS) is 10.9. The van der Waals surface area contributed by atoms with E-state index in [4.69, 9.17) is 4.74 Å². The van der Waals surface area contributed by atoms with Gasteiger partial charge in [-0.25, -0.2) is 17.6 Å². The van der Waals surface area contributed by atoms with E-state index in [-0.39, 0.29) is 35.0 Å². The van der Waals surface area contributed by atoms with Crippen LogP contribution in [-0.4, -0.2) is 39.7 Å². The third-order valence-corrected chi connectivity index (χ3v) is 4.62. The highest BCUT2D eigenvalue weighted by Gasteiger charge is 2.17. The first-order valence-electron chi connectivity index (χ1n) is 8.02. The number of para-hydroxylation sites is 1.